The van der Waals surface area contributed by atoms with Gasteiger partial charge >= 0.3 is 0 Å². The van der Waals surface area contributed by atoms with Crippen molar-refractivity contribution >= 4 is 29.6 Å². The maximum absolute atomic E-state index is 11.7. The first-order chi connectivity index (χ1) is 8.20. The molecule has 0 N–H and O–H groups in total. The van der Waals surface area contributed by atoms with E-state index in [1.54, 1.807) is 0 Å². The summed E-state index contributed by atoms with van der Waals surface area (Å²) in [6.07, 6.45) is 2.36. The van der Waals surface area contributed by atoms with E-state index in [0.717, 1.165) is 0 Å². The predicted octanol–water partition coefficient (Wildman–Crippen LogP) is 0.929. The molecule has 0 aliphatic carbocycles. The lowest BCUT2D eigenvalue weighted by Crippen LogP contribution is -2.49. The molecule has 0 radical (unpaired) electrons. The second-order valence-electron chi connectivity index (χ2n) is 5.29. The minimum absolute atomic E-state index is 0.0127. The molecule has 2 aliphatic heterocycles. The van der Waals surface area contributed by atoms with Crippen molar-refractivity contribution in [3.05, 3.63) is 0 Å². The maximum Gasteiger partial charge on any atom is 0.232 e. The van der Waals surface area contributed by atoms with E-state index in [1.165, 1.54) is 0 Å². The van der Waals surface area contributed by atoms with Gasteiger partial charge in [-0.05, 0) is 31.6 Å². The first-order valence-electron chi connectivity index (χ1n) is 5.97. The molecule has 8 heteroatoms. The van der Waals surface area contributed by atoms with Gasteiger partial charge in [0, 0.05) is 17.3 Å². The fourth-order valence-corrected chi connectivity index (χ4v) is 6.24. The minimum atomic E-state index is -3.54. The average molecular weight is 317 g/mol. The molecule has 106 valence electrons. The monoisotopic (exact) mass is 316 g/mol. The van der Waals surface area contributed by atoms with Crippen LogP contribution in [0.3, 0.4) is 0 Å². The van der Waals surface area contributed by atoms with Gasteiger partial charge in [0.25, 0.3) is 0 Å². The van der Waals surface area contributed by atoms with Crippen molar-refractivity contribution in [1.29, 1.82) is 0 Å². The SMILES string of the molecule is O=S(=O)(Cl)CC1CCOC2(CCCS(=O)(=O)C2)C1. The van der Waals surface area contributed by atoms with Gasteiger partial charge in [-0.25, -0.2) is 16.8 Å². The molecule has 5 nitrogen and oxygen atoms in total. The second kappa shape index (κ2) is 4.92. The molecule has 2 rings (SSSR count). The molecule has 0 amide bonds. The summed E-state index contributed by atoms with van der Waals surface area (Å²) in [5.41, 5.74) is -0.679. The van der Waals surface area contributed by atoms with Crippen LogP contribution in [0.1, 0.15) is 25.7 Å². The van der Waals surface area contributed by atoms with Gasteiger partial charge in [0.1, 0.15) is 0 Å². The van der Waals surface area contributed by atoms with Crippen LogP contribution in [-0.4, -0.2) is 46.3 Å². The molecular weight excluding hydrogens is 300 g/mol. The summed E-state index contributed by atoms with van der Waals surface area (Å²) >= 11 is 0. The number of halogens is 1. The van der Waals surface area contributed by atoms with E-state index in [0.29, 0.717) is 32.3 Å². The zero-order valence-corrected chi connectivity index (χ0v) is 12.4. The molecule has 2 atom stereocenters. The third kappa shape index (κ3) is 3.82. The molecule has 0 saturated carbocycles. The molecule has 1 spiro atoms. The third-order valence-electron chi connectivity index (χ3n) is 3.60. The Morgan fingerprint density at radius 3 is 2.72 bits per heavy atom. The van der Waals surface area contributed by atoms with Crippen molar-refractivity contribution in [2.24, 2.45) is 5.92 Å². The Hall–Kier alpha value is 0.150. The zero-order chi connectivity index (χ0) is 13.4. The Balaban J connectivity index is 2.10. The fourth-order valence-electron chi connectivity index (χ4n) is 2.99. The first kappa shape index (κ1) is 14.6. The molecule has 0 bridgehead atoms. The van der Waals surface area contributed by atoms with Crippen LogP contribution in [-0.2, 0) is 23.6 Å². The Bertz CT molecular complexity index is 508. The number of hydrogen-bond donors (Lipinski definition) is 0. The number of rotatable bonds is 2. The van der Waals surface area contributed by atoms with Gasteiger partial charge in [-0.1, -0.05) is 0 Å². The molecule has 0 aromatic rings. The van der Waals surface area contributed by atoms with Crippen molar-refractivity contribution < 1.29 is 21.6 Å². The number of hydrogen-bond acceptors (Lipinski definition) is 5. The van der Waals surface area contributed by atoms with Crippen LogP contribution in [0.15, 0.2) is 0 Å². The van der Waals surface area contributed by atoms with E-state index in [2.05, 4.69) is 0 Å². The Kier molecular flexibility index (Phi) is 3.98. The molecule has 18 heavy (non-hydrogen) atoms. The summed E-state index contributed by atoms with van der Waals surface area (Å²) in [5, 5.41) is 0. The van der Waals surface area contributed by atoms with Crippen LogP contribution >= 0.6 is 10.7 Å². The average Bonchev–Trinajstić information content (AvgIpc) is 2.12. The quantitative estimate of drug-likeness (QED) is 0.708. The molecule has 0 aromatic heterocycles. The number of sulfone groups is 1. The lowest BCUT2D eigenvalue weighted by Gasteiger charge is -2.42. The minimum Gasteiger partial charge on any atom is -0.374 e. The van der Waals surface area contributed by atoms with Gasteiger partial charge in [-0.15, -0.1) is 0 Å². The Morgan fingerprint density at radius 2 is 2.11 bits per heavy atom. The van der Waals surface area contributed by atoms with E-state index in [4.69, 9.17) is 15.4 Å². The highest BCUT2D eigenvalue weighted by atomic mass is 35.7. The first-order valence-corrected chi connectivity index (χ1v) is 10.3. The molecule has 2 heterocycles. The van der Waals surface area contributed by atoms with Crippen molar-refractivity contribution in [3.63, 3.8) is 0 Å². The summed E-state index contributed by atoms with van der Waals surface area (Å²) in [6.45, 7) is 0.409. The zero-order valence-electron chi connectivity index (χ0n) is 9.97. The van der Waals surface area contributed by atoms with Gasteiger partial charge in [-0.3, -0.25) is 0 Å². The predicted molar refractivity (Wildman–Crippen MR) is 68.9 cm³/mol. The van der Waals surface area contributed by atoms with Crippen molar-refractivity contribution in [1.82, 2.24) is 0 Å². The van der Waals surface area contributed by atoms with E-state index >= 15 is 0 Å². The third-order valence-corrected chi connectivity index (χ3v) is 6.72. The van der Waals surface area contributed by atoms with E-state index < -0.39 is 24.5 Å². The summed E-state index contributed by atoms with van der Waals surface area (Å²) in [6, 6.07) is 0. The molecule has 2 fully saturated rings. The van der Waals surface area contributed by atoms with Crippen molar-refractivity contribution in [3.8, 4) is 0 Å². The largest absolute Gasteiger partial charge is 0.374 e. The molecule has 2 unspecified atom stereocenters. The van der Waals surface area contributed by atoms with Crippen LogP contribution in [0.4, 0.5) is 0 Å². The summed E-state index contributed by atoms with van der Waals surface area (Å²) < 4.78 is 51.3. The van der Waals surface area contributed by atoms with E-state index in [9.17, 15) is 16.8 Å². The lowest BCUT2D eigenvalue weighted by molar-refractivity contribution is -0.0858. The standard InChI is InChI=1S/C10H17ClO5S2/c11-18(14,15)7-9-2-4-16-10(6-9)3-1-5-17(12,13)8-10/h9H,1-8H2. The van der Waals surface area contributed by atoms with Gasteiger partial charge in [0.05, 0.1) is 22.9 Å². The van der Waals surface area contributed by atoms with E-state index in [1.807, 2.05) is 0 Å². The maximum atomic E-state index is 11.7. The smallest absolute Gasteiger partial charge is 0.232 e. The molecular formula is C10H17ClO5S2. The van der Waals surface area contributed by atoms with Crippen LogP contribution in [0.5, 0.6) is 0 Å². The van der Waals surface area contributed by atoms with Crippen molar-refractivity contribution in [2.75, 3.05) is 23.9 Å². The molecule has 0 aromatic carbocycles. The second-order valence-corrected chi connectivity index (χ2v) is 10.3. The topological polar surface area (TPSA) is 77.5 Å². The van der Waals surface area contributed by atoms with E-state index in [-0.39, 0.29) is 23.2 Å². The highest BCUT2D eigenvalue weighted by molar-refractivity contribution is 8.13. The Morgan fingerprint density at radius 1 is 1.39 bits per heavy atom. The number of ether oxygens (including phenoxy) is 1. The summed E-state index contributed by atoms with van der Waals surface area (Å²) in [5.74, 6) is 0.0179. The van der Waals surface area contributed by atoms with Crippen LogP contribution in [0.25, 0.3) is 0 Å². The van der Waals surface area contributed by atoms with Gasteiger partial charge in [0.15, 0.2) is 9.84 Å². The summed E-state index contributed by atoms with van der Waals surface area (Å²) in [7, 11) is -1.34. The van der Waals surface area contributed by atoms with Crippen LogP contribution < -0.4 is 0 Å². The normalized spacial score (nSPS) is 36.6. The van der Waals surface area contributed by atoms with Gasteiger partial charge < -0.3 is 4.74 Å². The molecule has 2 saturated heterocycles. The Labute approximate surface area is 112 Å². The summed E-state index contributed by atoms with van der Waals surface area (Å²) in [4.78, 5) is 0. The molecule has 2 aliphatic rings. The van der Waals surface area contributed by atoms with Crippen LogP contribution in [0.2, 0.25) is 0 Å². The fraction of sp³-hybridized carbons (Fsp3) is 1.00. The highest BCUT2D eigenvalue weighted by Gasteiger charge is 2.44. The van der Waals surface area contributed by atoms with Gasteiger partial charge in [0.2, 0.25) is 9.05 Å². The van der Waals surface area contributed by atoms with Crippen molar-refractivity contribution in [2.45, 2.75) is 31.3 Å². The highest BCUT2D eigenvalue weighted by Crippen LogP contribution is 2.38. The van der Waals surface area contributed by atoms with Crippen LogP contribution in [0, 0.1) is 5.92 Å². The van der Waals surface area contributed by atoms with Gasteiger partial charge in [-0.2, -0.15) is 0 Å². The lowest BCUT2D eigenvalue weighted by atomic mass is 9.85.